The third-order valence-corrected chi connectivity index (χ3v) is 3.86. The summed E-state index contributed by atoms with van der Waals surface area (Å²) in [6.07, 6.45) is 6.39. The van der Waals surface area contributed by atoms with Crippen LogP contribution < -0.4 is 10.1 Å². The Morgan fingerprint density at radius 3 is 2.80 bits per heavy atom. The quantitative estimate of drug-likeness (QED) is 0.738. The lowest BCUT2D eigenvalue weighted by Crippen LogP contribution is -2.23. The van der Waals surface area contributed by atoms with Gasteiger partial charge in [-0.25, -0.2) is 4.98 Å². The molecule has 0 bridgehead atoms. The molecule has 3 aromatic rings. The van der Waals surface area contributed by atoms with Crippen LogP contribution >= 0.6 is 11.3 Å². The van der Waals surface area contributed by atoms with Gasteiger partial charge in [0.15, 0.2) is 5.82 Å². The number of thiazole rings is 1. The van der Waals surface area contributed by atoms with Gasteiger partial charge in [0.25, 0.3) is 5.56 Å². The minimum absolute atomic E-state index is 0.102. The third-order valence-electron chi connectivity index (χ3n) is 2.88. The van der Waals surface area contributed by atoms with Gasteiger partial charge >= 0.3 is 0 Å². The van der Waals surface area contributed by atoms with Gasteiger partial charge in [0.1, 0.15) is 0 Å². The number of benzene rings is 1. The fourth-order valence-electron chi connectivity index (χ4n) is 1.85. The van der Waals surface area contributed by atoms with E-state index in [4.69, 9.17) is 0 Å². The van der Waals surface area contributed by atoms with E-state index in [9.17, 15) is 4.79 Å². The van der Waals surface area contributed by atoms with Crippen LogP contribution in [0.5, 0.6) is 0 Å². The number of rotatable bonds is 3. The van der Waals surface area contributed by atoms with Crippen molar-refractivity contribution in [1.29, 1.82) is 0 Å². The number of fused-ring (bicyclic) bond motifs is 1. The average Bonchev–Trinajstić information content (AvgIpc) is 3.00. The summed E-state index contributed by atoms with van der Waals surface area (Å²) in [5.41, 5.74) is 0.999. The van der Waals surface area contributed by atoms with Gasteiger partial charge in [-0.1, -0.05) is 60.7 Å². The first-order valence-corrected chi connectivity index (χ1v) is 7.21. The molecule has 0 aliphatic rings. The van der Waals surface area contributed by atoms with Gasteiger partial charge in [-0.05, 0) is 11.6 Å². The SMILES string of the molecule is CCc1nc2s/c(=C\C=C\c3ccccc3)c(=O)n2n1. The van der Waals surface area contributed by atoms with Crippen LogP contribution in [0.3, 0.4) is 0 Å². The number of allylic oxidation sites excluding steroid dienone is 1. The van der Waals surface area contributed by atoms with E-state index in [0.29, 0.717) is 15.3 Å². The van der Waals surface area contributed by atoms with Gasteiger partial charge in [0, 0.05) is 6.42 Å². The van der Waals surface area contributed by atoms with E-state index in [1.165, 1.54) is 15.9 Å². The largest absolute Gasteiger partial charge is 0.291 e. The predicted molar refractivity (Wildman–Crippen MR) is 81.7 cm³/mol. The molecule has 100 valence electrons. The molecule has 3 rings (SSSR count). The molecule has 2 aromatic heterocycles. The number of hydrogen-bond acceptors (Lipinski definition) is 4. The van der Waals surface area contributed by atoms with Crippen LogP contribution in [0.15, 0.2) is 41.2 Å². The molecule has 0 spiro atoms. The first kappa shape index (κ1) is 12.7. The smallest absolute Gasteiger partial charge is 0.266 e. The summed E-state index contributed by atoms with van der Waals surface area (Å²) in [6, 6.07) is 9.96. The minimum Gasteiger partial charge on any atom is -0.266 e. The van der Waals surface area contributed by atoms with Crippen molar-refractivity contribution in [2.24, 2.45) is 0 Å². The second-order valence-corrected chi connectivity index (χ2v) is 5.29. The first-order valence-electron chi connectivity index (χ1n) is 6.40. The zero-order chi connectivity index (χ0) is 13.9. The Labute approximate surface area is 119 Å². The highest BCUT2D eigenvalue weighted by Gasteiger charge is 2.07. The second kappa shape index (κ2) is 5.38. The topological polar surface area (TPSA) is 47.3 Å². The van der Waals surface area contributed by atoms with Crippen molar-refractivity contribution in [2.75, 3.05) is 0 Å². The summed E-state index contributed by atoms with van der Waals surface area (Å²) in [5.74, 6) is 0.708. The zero-order valence-corrected chi connectivity index (χ0v) is 11.8. The van der Waals surface area contributed by atoms with Crippen molar-refractivity contribution in [3.8, 4) is 0 Å². The predicted octanol–water partition coefficient (Wildman–Crippen LogP) is 1.93. The van der Waals surface area contributed by atoms with E-state index in [0.717, 1.165) is 12.0 Å². The van der Waals surface area contributed by atoms with E-state index in [1.807, 2.05) is 55.5 Å². The normalized spacial score (nSPS) is 12.8. The molecule has 0 aliphatic heterocycles. The Bertz CT molecular complexity index is 862. The molecule has 4 nitrogen and oxygen atoms in total. The second-order valence-electron chi connectivity index (χ2n) is 4.28. The van der Waals surface area contributed by atoms with Gasteiger partial charge in [-0.2, -0.15) is 4.52 Å². The Hall–Kier alpha value is -2.27. The molecule has 20 heavy (non-hydrogen) atoms. The van der Waals surface area contributed by atoms with Crippen LogP contribution in [-0.4, -0.2) is 14.6 Å². The summed E-state index contributed by atoms with van der Waals surface area (Å²) in [7, 11) is 0. The highest BCUT2D eigenvalue weighted by Crippen LogP contribution is 2.03. The summed E-state index contributed by atoms with van der Waals surface area (Å²) < 4.78 is 2.03. The van der Waals surface area contributed by atoms with Crippen LogP contribution in [0.1, 0.15) is 18.3 Å². The van der Waals surface area contributed by atoms with Crippen molar-refractivity contribution in [3.63, 3.8) is 0 Å². The monoisotopic (exact) mass is 283 g/mol. The minimum atomic E-state index is -0.102. The van der Waals surface area contributed by atoms with Crippen LogP contribution in [0, 0.1) is 0 Å². The van der Waals surface area contributed by atoms with Crippen LogP contribution in [0.4, 0.5) is 0 Å². The Morgan fingerprint density at radius 2 is 2.10 bits per heavy atom. The third kappa shape index (κ3) is 2.40. The molecular formula is C15H13N3OS. The lowest BCUT2D eigenvalue weighted by molar-refractivity contribution is 0.867. The number of hydrogen-bond donors (Lipinski definition) is 0. The van der Waals surface area contributed by atoms with E-state index < -0.39 is 0 Å². The molecule has 0 N–H and O–H groups in total. The summed E-state index contributed by atoms with van der Waals surface area (Å²) in [5, 5.41) is 4.18. The Kier molecular flexibility index (Phi) is 3.43. The summed E-state index contributed by atoms with van der Waals surface area (Å²) in [4.78, 5) is 17.1. The van der Waals surface area contributed by atoms with Crippen molar-refractivity contribution >= 4 is 28.4 Å². The summed E-state index contributed by atoms with van der Waals surface area (Å²) in [6.45, 7) is 1.97. The van der Waals surface area contributed by atoms with Gasteiger partial charge in [-0.15, -0.1) is 5.10 Å². The highest BCUT2D eigenvalue weighted by molar-refractivity contribution is 7.15. The lowest BCUT2D eigenvalue weighted by Gasteiger charge is -1.87. The molecule has 0 saturated heterocycles. The van der Waals surface area contributed by atoms with E-state index in [1.54, 1.807) is 0 Å². The molecule has 5 heteroatoms. The van der Waals surface area contributed by atoms with Gasteiger partial charge < -0.3 is 0 Å². The molecule has 0 amide bonds. The highest BCUT2D eigenvalue weighted by atomic mass is 32.1. The van der Waals surface area contributed by atoms with Crippen molar-refractivity contribution < 1.29 is 0 Å². The maximum atomic E-state index is 12.1. The van der Waals surface area contributed by atoms with Crippen molar-refractivity contribution in [3.05, 3.63) is 62.7 Å². The lowest BCUT2D eigenvalue weighted by atomic mass is 10.2. The molecule has 0 fully saturated rings. The fourth-order valence-corrected chi connectivity index (χ4v) is 2.73. The van der Waals surface area contributed by atoms with Crippen LogP contribution in [0.25, 0.3) is 17.1 Å². The molecule has 0 unspecified atom stereocenters. The standard InChI is InChI=1S/C15H13N3OS/c1-2-13-16-15-18(17-13)14(19)12(20-15)10-6-9-11-7-4-3-5-8-11/h3-10H,2H2,1H3/b9-6+,12-10-. The molecule has 0 saturated carbocycles. The maximum Gasteiger partial charge on any atom is 0.291 e. The van der Waals surface area contributed by atoms with Crippen LogP contribution in [-0.2, 0) is 6.42 Å². The van der Waals surface area contributed by atoms with Crippen molar-refractivity contribution in [2.45, 2.75) is 13.3 Å². The molecule has 1 aromatic carbocycles. The Balaban J connectivity index is 1.96. The van der Waals surface area contributed by atoms with Gasteiger partial charge in [0.05, 0.1) is 4.53 Å². The molecule has 0 radical (unpaired) electrons. The van der Waals surface area contributed by atoms with Crippen LogP contribution in [0.2, 0.25) is 0 Å². The van der Waals surface area contributed by atoms with Gasteiger partial charge in [0.2, 0.25) is 4.96 Å². The van der Waals surface area contributed by atoms with E-state index in [2.05, 4.69) is 10.1 Å². The first-order chi connectivity index (χ1) is 9.78. The van der Waals surface area contributed by atoms with E-state index in [-0.39, 0.29) is 5.56 Å². The number of aryl methyl sites for hydroxylation is 1. The number of nitrogens with zero attached hydrogens (tertiary/aromatic N) is 3. The van der Waals surface area contributed by atoms with Crippen molar-refractivity contribution in [1.82, 2.24) is 14.6 Å². The molecule has 0 aliphatic carbocycles. The average molecular weight is 283 g/mol. The van der Waals surface area contributed by atoms with E-state index >= 15 is 0 Å². The fraction of sp³-hybridized carbons (Fsp3) is 0.133. The summed E-state index contributed by atoms with van der Waals surface area (Å²) >= 11 is 1.37. The van der Waals surface area contributed by atoms with Gasteiger partial charge in [-0.3, -0.25) is 4.79 Å². The molecule has 2 heterocycles. The molecular weight excluding hydrogens is 270 g/mol. The number of aromatic nitrogens is 3. The zero-order valence-electron chi connectivity index (χ0n) is 11.0. The maximum absolute atomic E-state index is 12.1. The Morgan fingerprint density at radius 1 is 1.30 bits per heavy atom. The molecule has 0 atom stereocenters.